The Balaban J connectivity index is 1.22. The molecule has 2 bridgehead atoms. The van der Waals surface area contributed by atoms with Gasteiger partial charge in [0.05, 0.1) is 27.4 Å². The number of thioether (sulfide) groups is 1. The second-order valence-electron chi connectivity index (χ2n) is 19.1. The number of likely N-dealkylation sites (N-methyl/N-ethyl adjacent to an activating group) is 1. The molecule has 348 valence electrons. The van der Waals surface area contributed by atoms with Crippen molar-refractivity contribution in [3.05, 3.63) is 111 Å². The molecular weight excluding hydrogens is 876 g/mol. The number of rotatable bonds is 10. The lowest BCUT2D eigenvalue weighted by atomic mass is 9.52. The Kier molecular flexibility index (Phi) is 11.4. The van der Waals surface area contributed by atoms with Crippen molar-refractivity contribution < 1.29 is 38.4 Å². The van der Waals surface area contributed by atoms with Crippen molar-refractivity contribution in [2.45, 2.75) is 98.3 Å². The number of aliphatic hydroxyl groups is 1. The standard InChI is InChI=1S/C52H59ClN4O8S/c1-8-30-20-31-24-51(48(59)63-6,44-36(27-56(25-30)26-31)35-21-34(14-15-40(35)54-44)66-28-33-12-10-11-13-39(33)53)38-22-37-41(23-42(38)62-5)55(4)47-50(37)17-19-57-18-16-32(9-2)43(45(50)57)46(65-29(3)58)52(47,61)49(60)64-7/h10-16,20-23,31,43,45-47,54,61H,8-9,17-19,24-28H2,1-7H3/t31-,43?,45+,46-,47-,50-,51+,52-/m1/s1. The van der Waals surface area contributed by atoms with Gasteiger partial charge < -0.3 is 33.9 Å². The topological polar surface area (TPSA) is 134 Å². The number of carbonyl (C=O) groups is 3. The van der Waals surface area contributed by atoms with E-state index >= 15 is 4.79 Å². The SMILES string of the molecule is CCC1=C[C@H]2CN(C1)Cc1c([nH]c3ccc(SCc4ccccc4Cl)cc13)[C@@](C(=O)OC)(c1cc3c(cc1OC)N(C)[C@H]1[C@@](O)(C(=O)OC)[C@H](OC(C)=O)C4C(CC)=CCN5CC[C@]31[C@H]45)C2. The Labute approximate surface area is 395 Å². The number of halogens is 1. The predicted octanol–water partition coefficient (Wildman–Crippen LogP) is 7.70. The van der Waals surface area contributed by atoms with Crippen LogP contribution in [-0.2, 0) is 51.7 Å². The number of aromatic nitrogens is 1. The van der Waals surface area contributed by atoms with E-state index in [0.717, 1.165) is 74.0 Å². The molecule has 1 aromatic heterocycles. The number of esters is 3. The van der Waals surface area contributed by atoms with Crippen molar-refractivity contribution in [1.29, 1.82) is 0 Å². The summed E-state index contributed by atoms with van der Waals surface area (Å²) in [6, 6.07) is 17.3. The van der Waals surface area contributed by atoms with Gasteiger partial charge in [0.25, 0.3) is 0 Å². The van der Waals surface area contributed by atoms with Crippen LogP contribution in [0.25, 0.3) is 10.9 Å². The molecule has 2 fully saturated rings. The zero-order valence-corrected chi connectivity index (χ0v) is 40.3. The molecule has 5 aliphatic heterocycles. The Morgan fingerprint density at radius 2 is 1.77 bits per heavy atom. The summed E-state index contributed by atoms with van der Waals surface area (Å²) in [5.41, 5.74) is 3.90. The fourth-order valence-electron chi connectivity index (χ4n) is 13.5. The number of anilines is 1. The molecule has 0 amide bonds. The van der Waals surface area contributed by atoms with Gasteiger partial charge in [0.2, 0.25) is 5.60 Å². The van der Waals surface area contributed by atoms with Crippen molar-refractivity contribution in [3.63, 3.8) is 0 Å². The maximum absolute atomic E-state index is 15.5. The minimum atomic E-state index is -2.27. The molecule has 4 aromatic rings. The monoisotopic (exact) mass is 934 g/mol. The van der Waals surface area contributed by atoms with Crippen LogP contribution in [-0.4, -0.2) is 116 Å². The summed E-state index contributed by atoms with van der Waals surface area (Å²) >= 11 is 8.32. The van der Waals surface area contributed by atoms with Crippen LogP contribution in [0.2, 0.25) is 5.02 Å². The summed E-state index contributed by atoms with van der Waals surface area (Å²) in [5, 5.41) is 15.1. The van der Waals surface area contributed by atoms with Crippen LogP contribution in [0.4, 0.5) is 5.69 Å². The number of nitrogens with zero attached hydrogens (tertiary/aromatic N) is 3. The van der Waals surface area contributed by atoms with E-state index in [1.54, 1.807) is 18.9 Å². The lowest BCUT2D eigenvalue weighted by Gasteiger charge is -2.59. The Bertz CT molecular complexity index is 2720. The maximum Gasteiger partial charge on any atom is 0.344 e. The fourth-order valence-corrected chi connectivity index (χ4v) is 14.7. The number of fused-ring (bicyclic) bond motifs is 6. The van der Waals surface area contributed by atoms with Crippen LogP contribution < -0.4 is 9.64 Å². The summed E-state index contributed by atoms with van der Waals surface area (Å²) in [4.78, 5) is 54.8. The van der Waals surface area contributed by atoms with E-state index < -0.39 is 52.4 Å². The Morgan fingerprint density at radius 1 is 0.985 bits per heavy atom. The summed E-state index contributed by atoms with van der Waals surface area (Å²) in [7, 11) is 6.24. The van der Waals surface area contributed by atoms with Gasteiger partial charge in [-0.1, -0.05) is 66.9 Å². The zero-order valence-electron chi connectivity index (χ0n) is 38.7. The Morgan fingerprint density at radius 3 is 2.48 bits per heavy atom. The van der Waals surface area contributed by atoms with Gasteiger partial charge in [-0.15, -0.1) is 11.8 Å². The highest BCUT2D eigenvalue weighted by atomic mass is 35.5. The van der Waals surface area contributed by atoms with Gasteiger partial charge >= 0.3 is 17.9 Å². The van der Waals surface area contributed by atoms with Crippen molar-refractivity contribution in [1.82, 2.24) is 14.8 Å². The van der Waals surface area contributed by atoms with Crippen molar-refractivity contribution in [3.8, 4) is 5.75 Å². The van der Waals surface area contributed by atoms with Gasteiger partial charge in [-0.25, -0.2) is 4.79 Å². The molecule has 6 heterocycles. The number of benzene rings is 3. The predicted molar refractivity (Wildman–Crippen MR) is 255 cm³/mol. The van der Waals surface area contributed by atoms with E-state index in [9.17, 15) is 14.7 Å². The van der Waals surface area contributed by atoms with Gasteiger partial charge in [0.15, 0.2) is 6.10 Å². The van der Waals surface area contributed by atoms with E-state index in [0.29, 0.717) is 56.0 Å². The molecule has 2 unspecified atom stereocenters. The minimum absolute atomic E-state index is 0.00817. The van der Waals surface area contributed by atoms with Crippen LogP contribution in [0.5, 0.6) is 5.75 Å². The van der Waals surface area contributed by atoms with Crippen LogP contribution in [0.15, 0.2) is 82.8 Å². The van der Waals surface area contributed by atoms with Gasteiger partial charge in [0.1, 0.15) is 11.2 Å². The second kappa shape index (κ2) is 16.8. The van der Waals surface area contributed by atoms with Gasteiger partial charge in [0, 0.05) is 107 Å². The number of ether oxygens (including phenoxy) is 4. The number of hydrogen-bond donors (Lipinski definition) is 2. The zero-order chi connectivity index (χ0) is 46.4. The highest BCUT2D eigenvalue weighted by Gasteiger charge is 2.77. The first kappa shape index (κ1) is 45.0. The third-order valence-electron chi connectivity index (χ3n) is 16.0. The van der Waals surface area contributed by atoms with E-state index in [1.165, 1.54) is 26.7 Å². The normalized spacial score (nSPS) is 30.8. The fraction of sp³-hybridized carbons (Fsp3) is 0.481. The van der Waals surface area contributed by atoms with Gasteiger partial charge in [-0.2, -0.15) is 0 Å². The van der Waals surface area contributed by atoms with Crippen LogP contribution >= 0.6 is 23.4 Å². The third kappa shape index (κ3) is 6.46. The van der Waals surface area contributed by atoms with Crippen LogP contribution in [0.3, 0.4) is 0 Å². The van der Waals surface area contributed by atoms with Crippen molar-refractivity contribution >= 4 is 57.9 Å². The molecule has 1 saturated heterocycles. The summed E-state index contributed by atoms with van der Waals surface area (Å²) in [6.45, 7) is 9.13. The summed E-state index contributed by atoms with van der Waals surface area (Å²) in [5.74, 6) is -1.20. The molecule has 9 atom stereocenters. The lowest BCUT2D eigenvalue weighted by molar-refractivity contribution is -0.212. The number of nitrogens with one attached hydrogen (secondary N) is 1. The molecule has 3 aromatic carbocycles. The minimum Gasteiger partial charge on any atom is -0.496 e. The highest BCUT2D eigenvalue weighted by Crippen LogP contribution is 2.65. The number of carbonyl (C=O) groups excluding carboxylic acids is 3. The lowest BCUT2D eigenvalue weighted by Crippen LogP contribution is -2.78. The molecule has 1 spiro atoms. The Hall–Kier alpha value is -4.79. The van der Waals surface area contributed by atoms with E-state index in [-0.39, 0.29) is 12.0 Å². The first-order chi connectivity index (χ1) is 31.8. The largest absolute Gasteiger partial charge is 0.496 e. The average Bonchev–Trinajstić information content (AvgIpc) is 3.96. The first-order valence-electron chi connectivity index (χ1n) is 23.2. The average molecular weight is 936 g/mol. The molecule has 6 aliphatic rings. The maximum atomic E-state index is 15.5. The number of H-pyrrole nitrogens is 1. The third-order valence-corrected chi connectivity index (χ3v) is 17.4. The summed E-state index contributed by atoms with van der Waals surface area (Å²) in [6.07, 6.45) is 5.83. The van der Waals surface area contributed by atoms with Crippen LogP contribution in [0.1, 0.15) is 74.4 Å². The molecule has 66 heavy (non-hydrogen) atoms. The van der Waals surface area contributed by atoms with E-state index in [2.05, 4.69) is 71.1 Å². The summed E-state index contributed by atoms with van der Waals surface area (Å²) < 4.78 is 24.1. The molecule has 2 N–H and O–H groups in total. The number of methoxy groups -OCH3 is 3. The molecule has 1 aliphatic carbocycles. The molecule has 10 rings (SSSR count). The highest BCUT2D eigenvalue weighted by molar-refractivity contribution is 7.98. The molecular formula is C52H59ClN4O8S. The number of hydrogen-bond acceptors (Lipinski definition) is 12. The smallest absolute Gasteiger partial charge is 0.344 e. The number of aromatic amines is 1. The quantitative estimate of drug-likeness (QED) is 0.0699. The van der Waals surface area contributed by atoms with Gasteiger partial charge in [-0.05, 0) is 85.2 Å². The van der Waals surface area contributed by atoms with E-state index in [1.807, 2.05) is 36.2 Å². The molecule has 14 heteroatoms. The first-order valence-corrected chi connectivity index (χ1v) is 24.5. The van der Waals surface area contributed by atoms with Crippen LogP contribution in [0, 0.1) is 11.8 Å². The molecule has 0 radical (unpaired) electrons. The van der Waals surface area contributed by atoms with Crippen molar-refractivity contribution in [2.75, 3.05) is 59.5 Å². The van der Waals surface area contributed by atoms with Crippen molar-refractivity contribution in [2.24, 2.45) is 11.8 Å². The van der Waals surface area contributed by atoms with Gasteiger partial charge in [-0.3, -0.25) is 19.4 Å². The molecule has 12 nitrogen and oxygen atoms in total. The van der Waals surface area contributed by atoms with E-state index in [4.69, 9.17) is 30.5 Å². The molecule has 1 saturated carbocycles. The second-order valence-corrected chi connectivity index (χ2v) is 20.5.